The van der Waals surface area contributed by atoms with E-state index < -0.39 is 5.79 Å². The highest BCUT2D eigenvalue weighted by Gasteiger charge is 2.49. The molecule has 0 aromatic carbocycles. The van der Waals surface area contributed by atoms with Crippen LogP contribution in [0.3, 0.4) is 0 Å². The number of hydrogen-bond acceptors (Lipinski definition) is 4. The molecule has 2 aliphatic rings. The Morgan fingerprint density at radius 3 is 2.50 bits per heavy atom. The van der Waals surface area contributed by atoms with E-state index in [9.17, 15) is 0 Å². The zero-order chi connectivity index (χ0) is 13.4. The van der Waals surface area contributed by atoms with Crippen molar-refractivity contribution in [3.05, 3.63) is 0 Å². The molecule has 18 heavy (non-hydrogen) atoms. The fourth-order valence-electron chi connectivity index (χ4n) is 2.62. The van der Waals surface area contributed by atoms with Gasteiger partial charge >= 0.3 is 0 Å². The van der Waals surface area contributed by atoms with E-state index in [-0.39, 0.29) is 23.9 Å². The SMILES string of the molecule is CC(C)(C)OCCO[C@H]1CC[C@@H]2OC(C)(C)O[C@H]12. The Kier molecular flexibility index (Phi) is 4.02. The van der Waals surface area contributed by atoms with Gasteiger partial charge in [0.2, 0.25) is 0 Å². The molecule has 0 aromatic rings. The highest BCUT2D eigenvalue weighted by Crippen LogP contribution is 2.39. The Morgan fingerprint density at radius 1 is 1.11 bits per heavy atom. The Bertz CT molecular complexity index is 282. The summed E-state index contributed by atoms with van der Waals surface area (Å²) in [5.41, 5.74) is -0.101. The van der Waals surface area contributed by atoms with Crippen LogP contribution in [0.2, 0.25) is 0 Å². The van der Waals surface area contributed by atoms with Crippen LogP contribution in [0.5, 0.6) is 0 Å². The largest absolute Gasteiger partial charge is 0.373 e. The third-order valence-electron chi connectivity index (χ3n) is 3.27. The summed E-state index contributed by atoms with van der Waals surface area (Å²) in [5, 5.41) is 0. The van der Waals surface area contributed by atoms with E-state index in [1.165, 1.54) is 0 Å². The van der Waals surface area contributed by atoms with Crippen molar-refractivity contribution in [3.63, 3.8) is 0 Å². The molecule has 2 rings (SSSR count). The molecule has 3 atom stereocenters. The third kappa shape index (κ3) is 3.67. The van der Waals surface area contributed by atoms with Gasteiger partial charge in [-0.25, -0.2) is 0 Å². The molecule has 0 bridgehead atoms. The van der Waals surface area contributed by atoms with E-state index in [2.05, 4.69) is 20.8 Å². The van der Waals surface area contributed by atoms with Crippen LogP contribution in [0.25, 0.3) is 0 Å². The maximum Gasteiger partial charge on any atom is 0.163 e. The van der Waals surface area contributed by atoms with E-state index in [0.717, 1.165) is 12.8 Å². The summed E-state index contributed by atoms with van der Waals surface area (Å²) < 4.78 is 23.2. The zero-order valence-corrected chi connectivity index (χ0v) is 12.2. The number of fused-ring (bicyclic) bond motifs is 1. The smallest absolute Gasteiger partial charge is 0.163 e. The maximum absolute atomic E-state index is 5.90. The van der Waals surface area contributed by atoms with Crippen LogP contribution in [-0.4, -0.2) is 42.9 Å². The summed E-state index contributed by atoms with van der Waals surface area (Å²) in [6.07, 6.45) is 2.49. The second-order valence-corrected chi connectivity index (χ2v) is 6.59. The third-order valence-corrected chi connectivity index (χ3v) is 3.27. The molecule has 0 radical (unpaired) electrons. The average Bonchev–Trinajstić information content (AvgIpc) is 2.67. The lowest BCUT2D eigenvalue weighted by Gasteiger charge is -2.23. The van der Waals surface area contributed by atoms with Crippen LogP contribution in [0.4, 0.5) is 0 Å². The minimum atomic E-state index is -0.459. The Hall–Kier alpha value is -0.160. The molecular weight excluding hydrogens is 232 g/mol. The van der Waals surface area contributed by atoms with Gasteiger partial charge in [-0.05, 0) is 47.5 Å². The van der Waals surface area contributed by atoms with E-state index in [4.69, 9.17) is 18.9 Å². The van der Waals surface area contributed by atoms with Crippen LogP contribution >= 0.6 is 0 Å². The minimum Gasteiger partial charge on any atom is -0.373 e. The van der Waals surface area contributed by atoms with Gasteiger partial charge in [0.25, 0.3) is 0 Å². The number of hydrogen-bond donors (Lipinski definition) is 0. The van der Waals surface area contributed by atoms with Gasteiger partial charge in [0.15, 0.2) is 5.79 Å². The van der Waals surface area contributed by atoms with E-state index in [1.54, 1.807) is 0 Å². The van der Waals surface area contributed by atoms with Crippen LogP contribution in [0, 0.1) is 0 Å². The predicted octanol–water partition coefficient (Wildman–Crippen LogP) is 2.50. The van der Waals surface area contributed by atoms with Gasteiger partial charge in [0, 0.05) is 0 Å². The molecule has 4 heteroatoms. The first-order valence-corrected chi connectivity index (χ1v) is 6.88. The first kappa shape index (κ1) is 14.3. The van der Waals surface area contributed by atoms with Gasteiger partial charge in [-0.2, -0.15) is 0 Å². The molecule has 0 spiro atoms. The fourth-order valence-corrected chi connectivity index (χ4v) is 2.62. The first-order valence-electron chi connectivity index (χ1n) is 6.88. The zero-order valence-electron chi connectivity index (χ0n) is 12.2. The molecule has 1 saturated heterocycles. The molecule has 1 saturated carbocycles. The summed E-state index contributed by atoms with van der Waals surface area (Å²) in [6, 6.07) is 0. The Balaban J connectivity index is 1.72. The van der Waals surface area contributed by atoms with Gasteiger partial charge in [-0.1, -0.05) is 0 Å². The van der Waals surface area contributed by atoms with Gasteiger partial charge in [-0.3, -0.25) is 0 Å². The lowest BCUT2D eigenvalue weighted by molar-refractivity contribution is -0.168. The van der Waals surface area contributed by atoms with E-state index in [0.29, 0.717) is 13.2 Å². The van der Waals surface area contributed by atoms with Crippen molar-refractivity contribution in [1.29, 1.82) is 0 Å². The standard InChI is InChI=1S/C14H26O4/c1-13(2,3)16-9-8-15-10-6-7-11-12(10)18-14(4,5)17-11/h10-12H,6-9H2,1-5H3/t10-,11-,12+/m0/s1. The fraction of sp³-hybridized carbons (Fsp3) is 1.00. The van der Waals surface area contributed by atoms with Gasteiger partial charge < -0.3 is 18.9 Å². The summed E-state index contributed by atoms with van der Waals surface area (Å²) in [5.74, 6) is -0.459. The highest BCUT2D eigenvalue weighted by atomic mass is 16.8. The van der Waals surface area contributed by atoms with Crippen molar-refractivity contribution in [1.82, 2.24) is 0 Å². The second-order valence-electron chi connectivity index (χ2n) is 6.59. The Labute approximate surface area is 110 Å². The van der Waals surface area contributed by atoms with E-state index >= 15 is 0 Å². The molecular formula is C14H26O4. The molecule has 106 valence electrons. The first-order chi connectivity index (χ1) is 8.27. The molecule has 0 N–H and O–H groups in total. The van der Waals surface area contributed by atoms with Crippen LogP contribution in [0.15, 0.2) is 0 Å². The molecule has 4 nitrogen and oxygen atoms in total. The lowest BCUT2D eigenvalue weighted by atomic mass is 10.2. The monoisotopic (exact) mass is 258 g/mol. The van der Waals surface area contributed by atoms with Gasteiger partial charge in [-0.15, -0.1) is 0 Å². The summed E-state index contributed by atoms with van der Waals surface area (Å²) in [6.45, 7) is 11.3. The van der Waals surface area contributed by atoms with Crippen molar-refractivity contribution in [2.24, 2.45) is 0 Å². The normalized spacial score (nSPS) is 34.8. The average molecular weight is 258 g/mol. The number of ether oxygens (including phenoxy) is 4. The highest BCUT2D eigenvalue weighted by molar-refractivity contribution is 4.93. The minimum absolute atomic E-state index is 0.0923. The van der Waals surface area contributed by atoms with Gasteiger partial charge in [0.05, 0.1) is 31.0 Å². The van der Waals surface area contributed by atoms with Crippen molar-refractivity contribution in [3.8, 4) is 0 Å². The predicted molar refractivity (Wildman–Crippen MR) is 68.5 cm³/mol. The second kappa shape index (κ2) is 5.08. The molecule has 0 unspecified atom stereocenters. The van der Waals surface area contributed by atoms with Crippen molar-refractivity contribution in [2.75, 3.05) is 13.2 Å². The molecule has 1 aliphatic heterocycles. The van der Waals surface area contributed by atoms with Gasteiger partial charge in [0.1, 0.15) is 6.10 Å². The Morgan fingerprint density at radius 2 is 1.83 bits per heavy atom. The molecule has 1 heterocycles. The van der Waals surface area contributed by atoms with Crippen LogP contribution < -0.4 is 0 Å². The van der Waals surface area contributed by atoms with E-state index in [1.807, 2.05) is 13.8 Å². The van der Waals surface area contributed by atoms with Crippen LogP contribution in [0.1, 0.15) is 47.5 Å². The lowest BCUT2D eigenvalue weighted by Crippen LogP contribution is -2.32. The van der Waals surface area contributed by atoms with Crippen molar-refractivity contribution < 1.29 is 18.9 Å². The summed E-state index contributed by atoms with van der Waals surface area (Å²) in [7, 11) is 0. The van der Waals surface area contributed by atoms with Crippen molar-refractivity contribution in [2.45, 2.75) is 77.2 Å². The van der Waals surface area contributed by atoms with Crippen LogP contribution in [-0.2, 0) is 18.9 Å². The maximum atomic E-state index is 5.90. The molecule has 2 fully saturated rings. The quantitative estimate of drug-likeness (QED) is 0.726. The molecule has 0 aromatic heterocycles. The topological polar surface area (TPSA) is 36.9 Å². The number of rotatable bonds is 4. The molecule has 0 amide bonds. The summed E-state index contributed by atoms with van der Waals surface area (Å²) in [4.78, 5) is 0. The molecule has 1 aliphatic carbocycles. The summed E-state index contributed by atoms with van der Waals surface area (Å²) >= 11 is 0. The van der Waals surface area contributed by atoms with Crippen molar-refractivity contribution >= 4 is 0 Å².